The van der Waals surface area contributed by atoms with Gasteiger partial charge < -0.3 is 14.5 Å². The van der Waals surface area contributed by atoms with Crippen molar-refractivity contribution in [2.75, 3.05) is 31.1 Å². The van der Waals surface area contributed by atoms with Crippen molar-refractivity contribution in [2.24, 2.45) is 0 Å². The predicted octanol–water partition coefficient (Wildman–Crippen LogP) is 5.45. The van der Waals surface area contributed by atoms with Crippen LogP contribution in [0, 0.1) is 23.3 Å². The normalized spacial score (nSPS) is 13.5. The maximum absolute atomic E-state index is 14.1. The summed E-state index contributed by atoms with van der Waals surface area (Å²) < 4.78 is 61.0. The Labute approximate surface area is 209 Å². The van der Waals surface area contributed by atoms with E-state index in [4.69, 9.17) is 4.74 Å². The van der Waals surface area contributed by atoms with E-state index in [-0.39, 0.29) is 32.2 Å². The van der Waals surface area contributed by atoms with Crippen LogP contribution in [-0.2, 0) is 0 Å². The Bertz CT molecular complexity index is 1400. The van der Waals surface area contributed by atoms with E-state index in [0.717, 1.165) is 16.2 Å². The van der Waals surface area contributed by atoms with Crippen LogP contribution in [0.15, 0.2) is 72.9 Å². The summed E-state index contributed by atoms with van der Waals surface area (Å²) in [5, 5.41) is 0. The van der Waals surface area contributed by atoms with Crippen LogP contribution in [-0.4, -0.2) is 47.0 Å². The number of carbonyl (C=O) groups excluding carboxylic acids is 1. The van der Waals surface area contributed by atoms with Gasteiger partial charge in [0.2, 0.25) is 5.95 Å². The average Bonchev–Trinajstić information content (AvgIpc) is 2.93. The Morgan fingerprint density at radius 3 is 2.05 bits per heavy atom. The van der Waals surface area contributed by atoms with Gasteiger partial charge in [-0.25, -0.2) is 27.5 Å². The third-order valence-electron chi connectivity index (χ3n) is 5.95. The van der Waals surface area contributed by atoms with Gasteiger partial charge in [-0.15, -0.1) is 0 Å². The maximum atomic E-state index is 14.1. The number of halogens is 4. The first-order chi connectivity index (χ1) is 17.9. The molecular weight excluding hydrogens is 488 g/mol. The number of ether oxygens (including phenoxy) is 1. The second kappa shape index (κ2) is 10.3. The van der Waals surface area contributed by atoms with Crippen LogP contribution in [0.2, 0.25) is 0 Å². The molecule has 0 unspecified atom stereocenters. The summed E-state index contributed by atoms with van der Waals surface area (Å²) in [6.07, 6.45) is 1.61. The van der Waals surface area contributed by atoms with Gasteiger partial charge in [0.15, 0.2) is 23.3 Å². The molecule has 4 aromatic rings. The zero-order chi connectivity index (χ0) is 25.9. The van der Waals surface area contributed by atoms with Crippen LogP contribution < -0.4 is 9.64 Å². The first kappa shape index (κ1) is 24.2. The fourth-order valence-corrected chi connectivity index (χ4v) is 4.01. The highest BCUT2D eigenvalue weighted by molar-refractivity contribution is 5.95. The molecular formula is C27H20F4N4O2. The lowest BCUT2D eigenvalue weighted by molar-refractivity contribution is 0.0733. The summed E-state index contributed by atoms with van der Waals surface area (Å²) in [4.78, 5) is 24.5. The third kappa shape index (κ3) is 5.09. The number of hydrogen-bond donors (Lipinski definition) is 0. The van der Waals surface area contributed by atoms with Gasteiger partial charge in [-0.05, 0) is 42.5 Å². The van der Waals surface area contributed by atoms with E-state index in [1.54, 1.807) is 12.3 Å². The van der Waals surface area contributed by atoms with Gasteiger partial charge in [-0.3, -0.25) is 4.79 Å². The molecule has 0 radical (unpaired) electrons. The van der Waals surface area contributed by atoms with Crippen molar-refractivity contribution in [3.05, 3.63) is 102 Å². The number of nitrogens with zero attached hydrogens (tertiary/aromatic N) is 4. The number of aromatic nitrogens is 2. The number of benzene rings is 3. The fourth-order valence-electron chi connectivity index (χ4n) is 4.01. The molecule has 5 rings (SSSR count). The second-order valence-electron chi connectivity index (χ2n) is 8.30. The van der Waals surface area contributed by atoms with Gasteiger partial charge in [-0.2, -0.15) is 0 Å². The SMILES string of the molecule is O=C(c1c(F)c(F)cc(F)c1F)N1CCN(c2nccc(-c3ccc(Oc4ccccc4)cc3)n2)CC1. The molecule has 1 aliphatic heterocycles. The van der Waals surface area contributed by atoms with Crippen molar-refractivity contribution in [3.8, 4) is 22.8 Å². The Morgan fingerprint density at radius 1 is 0.784 bits per heavy atom. The van der Waals surface area contributed by atoms with Crippen molar-refractivity contribution in [1.82, 2.24) is 14.9 Å². The molecule has 6 nitrogen and oxygen atoms in total. The Kier molecular flexibility index (Phi) is 6.72. The average molecular weight is 508 g/mol. The molecule has 1 fully saturated rings. The van der Waals surface area contributed by atoms with Crippen LogP contribution in [0.3, 0.4) is 0 Å². The van der Waals surface area contributed by atoms with Crippen LogP contribution in [0.5, 0.6) is 11.5 Å². The maximum Gasteiger partial charge on any atom is 0.260 e. The number of rotatable bonds is 5. The van der Waals surface area contributed by atoms with Gasteiger partial charge in [0.05, 0.1) is 5.69 Å². The Morgan fingerprint density at radius 2 is 1.41 bits per heavy atom. The van der Waals surface area contributed by atoms with E-state index >= 15 is 0 Å². The first-order valence-electron chi connectivity index (χ1n) is 11.4. The molecule has 0 N–H and O–H groups in total. The number of hydrogen-bond acceptors (Lipinski definition) is 5. The van der Waals surface area contributed by atoms with Crippen LogP contribution in [0.4, 0.5) is 23.5 Å². The lowest BCUT2D eigenvalue weighted by Crippen LogP contribution is -2.49. The number of anilines is 1. The summed E-state index contributed by atoms with van der Waals surface area (Å²) in [5.41, 5.74) is 0.287. The molecule has 1 amide bonds. The Hall–Kier alpha value is -4.47. The van der Waals surface area contributed by atoms with E-state index in [1.165, 1.54) is 0 Å². The summed E-state index contributed by atoms with van der Waals surface area (Å²) in [6.45, 7) is 0.657. The largest absolute Gasteiger partial charge is 0.457 e. The van der Waals surface area contributed by atoms with E-state index < -0.39 is 34.7 Å². The first-order valence-corrected chi connectivity index (χ1v) is 11.4. The minimum atomic E-state index is -1.71. The molecule has 2 heterocycles. The predicted molar refractivity (Wildman–Crippen MR) is 128 cm³/mol. The highest BCUT2D eigenvalue weighted by Crippen LogP contribution is 2.26. The minimum absolute atomic E-state index is 0.0644. The molecule has 0 atom stereocenters. The van der Waals surface area contributed by atoms with Gasteiger partial charge in [0, 0.05) is 44.0 Å². The molecule has 10 heteroatoms. The topological polar surface area (TPSA) is 58.6 Å². The highest BCUT2D eigenvalue weighted by atomic mass is 19.2. The van der Waals surface area contributed by atoms with Gasteiger partial charge in [0.25, 0.3) is 5.91 Å². The standard InChI is InChI=1S/C27H20F4N4O2/c28-20-16-21(29)25(31)23(24(20)30)26(36)34-12-14-35(15-13-34)27-32-11-10-22(33-27)17-6-8-19(9-7-17)37-18-4-2-1-3-5-18/h1-11,16H,12-15H2. The van der Waals surface area contributed by atoms with E-state index in [0.29, 0.717) is 17.4 Å². The van der Waals surface area contributed by atoms with Crippen molar-refractivity contribution in [2.45, 2.75) is 0 Å². The highest BCUT2D eigenvalue weighted by Gasteiger charge is 2.30. The Balaban J connectivity index is 1.26. The van der Waals surface area contributed by atoms with E-state index in [9.17, 15) is 22.4 Å². The molecule has 188 valence electrons. The van der Waals surface area contributed by atoms with Crippen molar-refractivity contribution in [1.29, 1.82) is 0 Å². The van der Waals surface area contributed by atoms with Gasteiger partial charge >= 0.3 is 0 Å². The molecule has 0 spiro atoms. The lowest BCUT2D eigenvalue weighted by Gasteiger charge is -2.35. The molecule has 0 aliphatic carbocycles. The molecule has 1 saturated heterocycles. The number of amides is 1. The molecule has 1 aromatic heterocycles. The second-order valence-corrected chi connectivity index (χ2v) is 8.30. The quantitative estimate of drug-likeness (QED) is 0.265. The monoisotopic (exact) mass is 508 g/mol. The number of carbonyl (C=O) groups is 1. The summed E-state index contributed by atoms with van der Waals surface area (Å²) in [5.74, 6) is -5.94. The number of para-hydroxylation sites is 1. The van der Waals surface area contributed by atoms with E-state index in [1.807, 2.05) is 59.5 Å². The zero-order valence-corrected chi connectivity index (χ0v) is 19.4. The molecule has 0 bridgehead atoms. The van der Waals surface area contributed by atoms with Crippen molar-refractivity contribution < 1.29 is 27.1 Å². The van der Waals surface area contributed by atoms with Crippen LogP contribution in [0.25, 0.3) is 11.3 Å². The van der Waals surface area contributed by atoms with Crippen LogP contribution in [0.1, 0.15) is 10.4 Å². The smallest absolute Gasteiger partial charge is 0.260 e. The molecule has 1 aliphatic rings. The lowest BCUT2D eigenvalue weighted by atomic mass is 10.1. The van der Waals surface area contributed by atoms with Crippen molar-refractivity contribution >= 4 is 11.9 Å². The zero-order valence-electron chi connectivity index (χ0n) is 19.4. The molecule has 0 saturated carbocycles. The third-order valence-corrected chi connectivity index (χ3v) is 5.95. The van der Waals surface area contributed by atoms with Gasteiger partial charge in [-0.1, -0.05) is 18.2 Å². The van der Waals surface area contributed by atoms with E-state index in [2.05, 4.69) is 9.97 Å². The molecule has 3 aromatic carbocycles. The fraction of sp³-hybridized carbons (Fsp3) is 0.148. The summed E-state index contributed by atoms with van der Waals surface area (Å²) >= 11 is 0. The van der Waals surface area contributed by atoms with Crippen molar-refractivity contribution in [3.63, 3.8) is 0 Å². The van der Waals surface area contributed by atoms with Crippen LogP contribution >= 0.6 is 0 Å². The minimum Gasteiger partial charge on any atom is -0.457 e. The number of piperazine rings is 1. The molecule has 37 heavy (non-hydrogen) atoms. The summed E-state index contributed by atoms with van der Waals surface area (Å²) in [7, 11) is 0. The van der Waals surface area contributed by atoms with Gasteiger partial charge in [0.1, 0.15) is 17.1 Å². The summed E-state index contributed by atoms with van der Waals surface area (Å²) in [6, 6.07) is 18.7.